The summed E-state index contributed by atoms with van der Waals surface area (Å²) in [7, 11) is 0. The molecule has 0 unspecified atom stereocenters. The maximum absolute atomic E-state index is 13.4. The molecule has 148 valence electrons. The minimum atomic E-state index is -0.743. The van der Waals surface area contributed by atoms with Crippen LogP contribution in [-0.4, -0.2) is 28.2 Å². The van der Waals surface area contributed by atoms with E-state index in [1.807, 2.05) is 38.1 Å². The van der Waals surface area contributed by atoms with Crippen molar-refractivity contribution in [1.29, 1.82) is 0 Å². The Balaban J connectivity index is 1.88. The Kier molecular flexibility index (Phi) is 4.98. The molecule has 3 aromatic rings. The SMILES string of the molecule is Cc1ccc(C(=O)/C(c2ccc(C)cc2)=[N+]2\N=C([O-])N(c3ccccc3)C2=O)cc1. The number of hydrazone groups is 1. The molecule has 0 saturated heterocycles. The average molecular weight is 397 g/mol. The zero-order valence-corrected chi connectivity index (χ0v) is 16.6. The number of amidine groups is 1. The van der Waals surface area contributed by atoms with Gasteiger partial charge in [-0.25, -0.2) is 0 Å². The summed E-state index contributed by atoms with van der Waals surface area (Å²) in [6.07, 6.45) is 0. The predicted molar refractivity (Wildman–Crippen MR) is 113 cm³/mol. The molecule has 1 heterocycles. The van der Waals surface area contributed by atoms with Crippen molar-refractivity contribution < 1.29 is 19.4 Å². The summed E-state index contributed by atoms with van der Waals surface area (Å²) in [5, 5.41) is 16.5. The lowest BCUT2D eigenvalue weighted by Crippen LogP contribution is -2.41. The quantitative estimate of drug-likeness (QED) is 0.501. The highest BCUT2D eigenvalue weighted by molar-refractivity contribution is 6.50. The lowest BCUT2D eigenvalue weighted by molar-refractivity contribution is -0.426. The Morgan fingerprint density at radius 1 is 0.833 bits per heavy atom. The number of benzene rings is 3. The van der Waals surface area contributed by atoms with Crippen LogP contribution in [0, 0.1) is 13.8 Å². The highest BCUT2D eigenvalue weighted by atomic mass is 16.3. The number of hydrogen-bond acceptors (Lipinski definition) is 4. The van der Waals surface area contributed by atoms with Crippen LogP contribution in [0.2, 0.25) is 0 Å². The van der Waals surface area contributed by atoms with Gasteiger partial charge in [0.15, 0.2) is 0 Å². The molecule has 0 spiro atoms. The van der Waals surface area contributed by atoms with E-state index in [-0.39, 0.29) is 5.71 Å². The Morgan fingerprint density at radius 2 is 1.37 bits per heavy atom. The molecule has 30 heavy (non-hydrogen) atoms. The van der Waals surface area contributed by atoms with Crippen molar-refractivity contribution in [3.8, 4) is 0 Å². The first kappa shape index (κ1) is 19.3. The third-order valence-corrected chi connectivity index (χ3v) is 4.83. The first-order chi connectivity index (χ1) is 14.5. The Hall–Kier alpha value is -4.06. The molecule has 0 aliphatic carbocycles. The van der Waals surface area contributed by atoms with Gasteiger partial charge >= 0.3 is 6.03 Å². The Morgan fingerprint density at radius 3 is 1.93 bits per heavy atom. The number of carbonyl (C=O) groups is 2. The first-order valence-electron chi connectivity index (χ1n) is 9.46. The van der Waals surface area contributed by atoms with Crippen molar-refractivity contribution in [3.63, 3.8) is 0 Å². The second-order valence-corrected chi connectivity index (χ2v) is 7.06. The van der Waals surface area contributed by atoms with E-state index in [1.54, 1.807) is 54.6 Å². The van der Waals surface area contributed by atoms with E-state index in [0.29, 0.717) is 16.8 Å². The van der Waals surface area contributed by atoms with Gasteiger partial charge in [-0.3, -0.25) is 4.79 Å². The van der Waals surface area contributed by atoms with Crippen LogP contribution in [0.4, 0.5) is 10.5 Å². The van der Waals surface area contributed by atoms with Crippen molar-refractivity contribution >= 4 is 29.2 Å². The van der Waals surface area contributed by atoms with Gasteiger partial charge < -0.3 is 5.11 Å². The van der Waals surface area contributed by atoms with Crippen LogP contribution in [0.15, 0.2) is 84.0 Å². The summed E-state index contributed by atoms with van der Waals surface area (Å²) in [6.45, 7) is 3.85. The topological polar surface area (TPSA) is 75.8 Å². The maximum Gasteiger partial charge on any atom is 0.530 e. The van der Waals surface area contributed by atoms with Crippen LogP contribution in [0.5, 0.6) is 0 Å². The van der Waals surface area contributed by atoms with Gasteiger partial charge in [0.1, 0.15) is 5.69 Å². The summed E-state index contributed by atoms with van der Waals surface area (Å²) < 4.78 is 0.905. The number of nitrogens with zero attached hydrogens (tertiary/aromatic N) is 3. The number of amides is 2. The predicted octanol–water partition coefficient (Wildman–Crippen LogP) is 3.26. The molecule has 0 N–H and O–H groups in total. The monoisotopic (exact) mass is 397 g/mol. The molecule has 6 nitrogen and oxygen atoms in total. The Bertz CT molecular complexity index is 1180. The largest absolute Gasteiger partial charge is 0.824 e. The van der Waals surface area contributed by atoms with Gasteiger partial charge in [0.25, 0.3) is 0 Å². The second kappa shape index (κ2) is 7.75. The summed E-state index contributed by atoms with van der Waals surface area (Å²) in [5.41, 5.74) is 3.36. The van der Waals surface area contributed by atoms with Crippen LogP contribution < -0.4 is 10.0 Å². The lowest BCUT2D eigenvalue weighted by atomic mass is 9.99. The van der Waals surface area contributed by atoms with Gasteiger partial charge in [0.05, 0.1) is 0 Å². The van der Waals surface area contributed by atoms with Crippen LogP contribution in [-0.2, 0) is 0 Å². The second-order valence-electron chi connectivity index (χ2n) is 7.06. The molecule has 0 fully saturated rings. The van der Waals surface area contributed by atoms with Crippen molar-refractivity contribution in [2.75, 3.05) is 4.90 Å². The summed E-state index contributed by atoms with van der Waals surface area (Å²) >= 11 is 0. The summed E-state index contributed by atoms with van der Waals surface area (Å²) in [5.74, 6) is -0.390. The molecule has 1 aliphatic rings. The number of carbonyl (C=O) groups excluding carboxylic acids is 2. The number of ketones is 1. The summed E-state index contributed by atoms with van der Waals surface area (Å²) in [6, 6.07) is 21.3. The van der Waals surface area contributed by atoms with Gasteiger partial charge in [-0.1, -0.05) is 82.5 Å². The first-order valence-corrected chi connectivity index (χ1v) is 9.46. The molecule has 4 rings (SSSR count). The van der Waals surface area contributed by atoms with Gasteiger partial charge in [0.2, 0.25) is 17.5 Å². The molecule has 0 atom stereocenters. The van der Waals surface area contributed by atoms with Crippen LogP contribution in [0.3, 0.4) is 0 Å². The van der Waals surface area contributed by atoms with E-state index in [4.69, 9.17) is 0 Å². The third-order valence-electron chi connectivity index (χ3n) is 4.83. The van der Waals surface area contributed by atoms with Crippen molar-refractivity contribution in [3.05, 3.63) is 101 Å². The van der Waals surface area contributed by atoms with Crippen LogP contribution in [0.1, 0.15) is 27.0 Å². The molecule has 0 saturated carbocycles. The fraction of sp³-hybridized carbons (Fsp3) is 0.0833. The summed E-state index contributed by atoms with van der Waals surface area (Å²) in [4.78, 5) is 27.5. The minimum Gasteiger partial charge on any atom is -0.824 e. The number of urea groups is 1. The Labute approximate surface area is 174 Å². The molecule has 3 aromatic carbocycles. The molecular formula is C24H19N3O3. The van der Waals surface area contributed by atoms with Crippen molar-refractivity contribution in [2.24, 2.45) is 5.10 Å². The number of rotatable bonds is 4. The molecule has 6 heteroatoms. The highest BCUT2D eigenvalue weighted by Gasteiger charge is 2.41. The smallest absolute Gasteiger partial charge is 0.530 e. The molecule has 0 radical (unpaired) electrons. The maximum atomic E-state index is 13.4. The van der Waals surface area contributed by atoms with E-state index in [1.165, 1.54) is 0 Å². The highest BCUT2D eigenvalue weighted by Crippen LogP contribution is 2.20. The lowest BCUT2D eigenvalue weighted by Gasteiger charge is -2.11. The standard InChI is InChI=1S/C24H19N3O3/c1-16-8-12-18(13-9-16)21(22(28)19-14-10-17(2)11-15-19)27-24(30)26(23(29)25-27)20-6-4-3-5-7-20/h3-15H,1-2H3. The van der Waals surface area contributed by atoms with Gasteiger partial charge in [0, 0.05) is 11.1 Å². The fourth-order valence-corrected chi connectivity index (χ4v) is 3.20. The van der Waals surface area contributed by atoms with E-state index >= 15 is 0 Å². The van der Waals surface area contributed by atoms with Crippen molar-refractivity contribution in [1.82, 2.24) is 0 Å². The van der Waals surface area contributed by atoms with E-state index in [9.17, 15) is 14.7 Å². The average Bonchev–Trinajstić information content (AvgIpc) is 3.04. The van der Waals surface area contributed by atoms with Crippen LogP contribution in [0.25, 0.3) is 0 Å². The van der Waals surface area contributed by atoms with Crippen LogP contribution >= 0.6 is 0 Å². The minimum absolute atomic E-state index is 0.0376. The number of Topliss-reactive ketones (excluding diaryl/α,β-unsaturated/α-hetero) is 1. The molecule has 2 amide bonds. The van der Waals surface area contributed by atoms with Crippen molar-refractivity contribution in [2.45, 2.75) is 13.8 Å². The van der Waals surface area contributed by atoms with Gasteiger partial charge in [-0.2, -0.15) is 4.79 Å². The zero-order valence-electron chi connectivity index (χ0n) is 16.6. The number of aryl methyl sites for hydroxylation is 2. The number of para-hydroxylation sites is 1. The third kappa shape index (κ3) is 3.51. The molecule has 0 bridgehead atoms. The van der Waals surface area contributed by atoms with Gasteiger partial charge in [-0.05, 0) is 31.1 Å². The van der Waals surface area contributed by atoms with Gasteiger partial charge in [-0.15, -0.1) is 4.90 Å². The normalized spacial score (nSPS) is 15.2. The van der Waals surface area contributed by atoms with E-state index in [2.05, 4.69) is 5.10 Å². The fourth-order valence-electron chi connectivity index (χ4n) is 3.20. The number of hydrogen-bond donors (Lipinski definition) is 0. The molecular weight excluding hydrogens is 378 g/mol. The van der Waals surface area contributed by atoms with E-state index < -0.39 is 17.8 Å². The van der Waals surface area contributed by atoms with E-state index in [0.717, 1.165) is 20.7 Å². The number of anilines is 1. The molecule has 1 aliphatic heterocycles. The molecule has 0 aromatic heterocycles. The zero-order chi connectivity index (χ0) is 21.3.